The first-order chi connectivity index (χ1) is 10.8. The Labute approximate surface area is 129 Å². The maximum Gasteiger partial charge on any atom is 0.0704 e. The zero-order chi connectivity index (χ0) is 14.9. The molecule has 4 rings (SSSR count). The summed E-state index contributed by atoms with van der Waals surface area (Å²) in [7, 11) is 0. The molecule has 0 fully saturated rings. The second kappa shape index (κ2) is 5.23. The van der Waals surface area contributed by atoms with Gasteiger partial charge in [-0.25, -0.2) is 0 Å². The predicted octanol–water partition coefficient (Wildman–Crippen LogP) is 4.68. The van der Waals surface area contributed by atoms with Gasteiger partial charge in [0, 0.05) is 23.2 Å². The highest BCUT2D eigenvalue weighted by Crippen LogP contribution is 2.21. The van der Waals surface area contributed by atoms with Gasteiger partial charge in [0.1, 0.15) is 0 Å². The van der Waals surface area contributed by atoms with Gasteiger partial charge in [-0.3, -0.25) is 9.97 Å². The van der Waals surface area contributed by atoms with E-state index in [0.29, 0.717) is 0 Å². The number of fused-ring (bicyclic) bond motifs is 2. The average Bonchev–Trinajstić information content (AvgIpc) is 2.56. The largest absolute Gasteiger partial charge is 0.256 e. The lowest BCUT2D eigenvalue weighted by atomic mass is 10.0. The van der Waals surface area contributed by atoms with E-state index < -0.39 is 0 Å². The molecule has 0 bridgehead atoms. The standard InChI is InChI=1S/C20H16N2/c1-14-8-9-21-20-7-6-15(12-18(14)20)10-16-11-17-4-2-3-5-19(17)22-13-16/h2-9,11-13H,10H2,1H3. The number of hydrogen-bond acceptors (Lipinski definition) is 2. The molecular weight excluding hydrogens is 268 g/mol. The molecule has 2 heteroatoms. The van der Waals surface area contributed by atoms with Crippen molar-refractivity contribution in [2.24, 2.45) is 0 Å². The van der Waals surface area contributed by atoms with Crippen LogP contribution in [0.25, 0.3) is 21.8 Å². The first-order valence-electron chi connectivity index (χ1n) is 7.47. The molecule has 2 aromatic heterocycles. The first kappa shape index (κ1) is 13.0. The lowest BCUT2D eigenvalue weighted by molar-refractivity contribution is 1.17. The molecule has 0 aliphatic rings. The van der Waals surface area contributed by atoms with Crippen molar-refractivity contribution in [1.82, 2.24) is 9.97 Å². The fourth-order valence-corrected chi connectivity index (χ4v) is 2.89. The fourth-order valence-electron chi connectivity index (χ4n) is 2.89. The van der Waals surface area contributed by atoms with Gasteiger partial charge in [-0.15, -0.1) is 0 Å². The third-order valence-electron chi connectivity index (χ3n) is 4.08. The van der Waals surface area contributed by atoms with E-state index in [2.05, 4.69) is 59.4 Å². The zero-order valence-corrected chi connectivity index (χ0v) is 12.5. The smallest absolute Gasteiger partial charge is 0.0704 e. The van der Waals surface area contributed by atoms with E-state index in [4.69, 9.17) is 0 Å². The minimum Gasteiger partial charge on any atom is -0.256 e. The minimum atomic E-state index is 0.891. The molecule has 0 amide bonds. The van der Waals surface area contributed by atoms with E-state index >= 15 is 0 Å². The molecule has 0 unspecified atom stereocenters. The second-order valence-corrected chi connectivity index (χ2v) is 5.69. The SMILES string of the molecule is Cc1ccnc2ccc(Cc3cnc4ccccc4c3)cc12. The fraction of sp³-hybridized carbons (Fsp3) is 0.100. The van der Waals surface area contributed by atoms with Crippen molar-refractivity contribution >= 4 is 21.8 Å². The van der Waals surface area contributed by atoms with E-state index in [9.17, 15) is 0 Å². The van der Waals surface area contributed by atoms with E-state index in [1.54, 1.807) is 0 Å². The van der Waals surface area contributed by atoms with Crippen molar-refractivity contribution in [3.05, 3.63) is 83.7 Å². The molecule has 4 aromatic rings. The second-order valence-electron chi connectivity index (χ2n) is 5.69. The summed E-state index contributed by atoms with van der Waals surface area (Å²) in [4.78, 5) is 8.96. The molecule has 0 saturated carbocycles. The van der Waals surface area contributed by atoms with Crippen molar-refractivity contribution < 1.29 is 0 Å². The Balaban J connectivity index is 1.73. The maximum atomic E-state index is 4.54. The zero-order valence-electron chi connectivity index (χ0n) is 12.5. The van der Waals surface area contributed by atoms with Crippen molar-refractivity contribution in [2.45, 2.75) is 13.3 Å². The molecule has 0 spiro atoms. The highest BCUT2D eigenvalue weighted by molar-refractivity contribution is 5.82. The van der Waals surface area contributed by atoms with Crippen LogP contribution in [0.2, 0.25) is 0 Å². The van der Waals surface area contributed by atoms with Gasteiger partial charge in [0.25, 0.3) is 0 Å². The molecule has 0 aliphatic carbocycles. The number of para-hydroxylation sites is 1. The Kier molecular flexibility index (Phi) is 3.08. The van der Waals surface area contributed by atoms with E-state index in [-0.39, 0.29) is 0 Å². The molecule has 0 aliphatic heterocycles. The number of nitrogens with zero attached hydrogens (tertiary/aromatic N) is 2. The Morgan fingerprint density at radius 1 is 0.818 bits per heavy atom. The predicted molar refractivity (Wildman–Crippen MR) is 91.0 cm³/mol. The summed E-state index contributed by atoms with van der Waals surface area (Å²) in [5, 5.41) is 2.42. The topological polar surface area (TPSA) is 25.8 Å². The van der Waals surface area contributed by atoms with Crippen molar-refractivity contribution in [3.8, 4) is 0 Å². The highest BCUT2D eigenvalue weighted by atomic mass is 14.7. The van der Waals surface area contributed by atoms with Crippen LogP contribution in [0.4, 0.5) is 0 Å². The summed E-state index contributed by atoms with van der Waals surface area (Å²) in [6.07, 6.45) is 4.73. The Hall–Kier alpha value is -2.74. The summed E-state index contributed by atoms with van der Waals surface area (Å²) < 4.78 is 0. The maximum absolute atomic E-state index is 4.54. The van der Waals surface area contributed by atoms with E-state index in [1.807, 2.05) is 24.5 Å². The van der Waals surface area contributed by atoms with Crippen LogP contribution in [0.3, 0.4) is 0 Å². The van der Waals surface area contributed by atoms with E-state index in [1.165, 1.54) is 27.5 Å². The van der Waals surface area contributed by atoms with Gasteiger partial charge in [0.15, 0.2) is 0 Å². The number of hydrogen-bond donors (Lipinski definition) is 0. The minimum absolute atomic E-state index is 0.891. The summed E-state index contributed by atoms with van der Waals surface area (Å²) in [5.74, 6) is 0. The highest BCUT2D eigenvalue weighted by Gasteiger charge is 2.03. The van der Waals surface area contributed by atoms with Crippen LogP contribution in [0.1, 0.15) is 16.7 Å². The molecule has 0 N–H and O–H groups in total. The lowest BCUT2D eigenvalue weighted by Crippen LogP contribution is -1.92. The first-order valence-corrected chi connectivity index (χ1v) is 7.47. The summed E-state index contributed by atoms with van der Waals surface area (Å²) >= 11 is 0. The van der Waals surface area contributed by atoms with Gasteiger partial charge in [0.05, 0.1) is 11.0 Å². The number of pyridine rings is 2. The quantitative estimate of drug-likeness (QED) is 0.534. The van der Waals surface area contributed by atoms with Crippen molar-refractivity contribution in [2.75, 3.05) is 0 Å². The van der Waals surface area contributed by atoms with Gasteiger partial charge in [0.2, 0.25) is 0 Å². The lowest BCUT2D eigenvalue weighted by Gasteiger charge is -2.06. The van der Waals surface area contributed by atoms with Gasteiger partial charge in [-0.1, -0.05) is 24.3 Å². The van der Waals surface area contributed by atoms with E-state index in [0.717, 1.165) is 17.5 Å². The van der Waals surface area contributed by atoms with Crippen molar-refractivity contribution in [1.29, 1.82) is 0 Å². The number of rotatable bonds is 2. The van der Waals surface area contributed by atoms with Gasteiger partial charge < -0.3 is 0 Å². The molecule has 2 aromatic carbocycles. The summed E-state index contributed by atoms with van der Waals surface area (Å²) in [6.45, 7) is 2.13. The number of aryl methyl sites for hydroxylation is 1. The summed E-state index contributed by atoms with van der Waals surface area (Å²) in [6, 6.07) is 19.0. The molecule has 2 heterocycles. The molecule has 106 valence electrons. The number of aromatic nitrogens is 2. The van der Waals surface area contributed by atoms with Crippen LogP contribution in [-0.4, -0.2) is 9.97 Å². The normalized spacial score (nSPS) is 11.1. The van der Waals surface area contributed by atoms with Gasteiger partial charge >= 0.3 is 0 Å². The van der Waals surface area contributed by atoms with Gasteiger partial charge in [-0.05, 0) is 60.4 Å². The third-order valence-corrected chi connectivity index (χ3v) is 4.08. The molecular formula is C20H16N2. The molecule has 0 radical (unpaired) electrons. The monoisotopic (exact) mass is 284 g/mol. The molecule has 22 heavy (non-hydrogen) atoms. The Bertz CT molecular complexity index is 973. The average molecular weight is 284 g/mol. The van der Waals surface area contributed by atoms with Crippen LogP contribution >= 0.6 is 0 Å². The van der Waals surface area contributed by atoms with Crippen molar-refractivity contribution in [3.63, 3.8) is 0 Å². The van der Waals surface area contributed by atoms with Crippen LogP contribution in [0, 0.1) is 6.92 Å². The summed E-state index contributed by atoms with van der Waals surface area (Å²) in [5.41, 5.74) is 5.90. The molecule has 2 nitrogen and oxygen atoms in total. The van der Waals surface area contributed by atoms with Crippen LogP contribution in [0.5, 0.6) is 0 Å². The van der Waals surface area contributed by atoms with Crippen LogP contribution in [0.15, 0.2) is 67.0 Å². The number of benzene rings is 2. The Morgan fingerprint density at radius 3 is 2.68 bits per heavy atom. The molecule has 0 saturated heterocycles. The third kappa shape index (κ3) is 2.33. The van der Waals surface area contributed by atoms with Crippen LogP contribution < -0.4 is 0 Å². The Morgan fingerprint density at radius 2 is 1.73 bits per heavy atom. The van der Waals surface area contributed by atoms with Crippen LogP contribution in [-0.2, 0) is 6.42 Å². The van der Waals surface area contributed by atoms with Gasteiger partial charge in [-0.2, -0.15) is 0 Å². The molecule has 0 atom stereocenters.